The second-order valence-corrected chi connectivity index (χ2v) is 6.93. The topological polar surface area (TPSA) is 163 Å². The molecule has 1 saturated heterocycles. The van der Waals surface area contributed by atoms with Crippen LogP contribution in [0.2, 0.25) is 0 Å². The molecule has 3 heterocycles. The second kappa shape index (κ2) is 10.6. The first-order valence-electron chi connectivity index (χ1n) is 9.84. The number of H-pyrrole nitrogens is 1. The van der Waals surface area contributed by atoms with Gasteiger partial charge < -0.3 is 30.1 Å². The van der Waals surface area contributed by atoms with Crippen molar-refractivity contribution in [2.75, 3.05) is 6.61 Å². The minimum atomic E-state index is -1.38. The zero-order valence-electron chi connectivity index (χ0n) is 16.7. The molecule has 11 nitrogen and oxygen atoms in total. The minimum Gasteiger partial charge on any atom is -0.394 e. The molecule has 1 aliphatic heterocycles. The maximum atomic E-state index is 12.4. The summed E-state index contributed by atoms with van der Waals surface area (Å²) >= 11 is 0. The molecule has 1 fully saturated rings. The zero-order chi connectivity index (χ0) is 21.6. The van der Waals surface area contributed by atoms with Gasteiger partial charge >= 0.3 is 5.69 Å². The molecule has 0 saturated carbocycles. The highest BCUT2D eigenvalue weighted by atomic mass is 16.6. The number of nitrogens with one attached hydrogen (secondary N) is 1. The molecule has 0 radical (unpaired) electrons. The van der Waals surface area contributed by atoms with E-state index in [0.717, 1.165) is 25.7 Å². The van der Waals surface area contributed by atoms with E-state index in [-0.39, 0.29) is 11.2 Å². The average molecular weight is 414 g/mol. The van der Waals surface area contributed by atoms with Crippen LogP contribution in [0.15, 0.2) is 15.9 Å². The number of aryl methyl sites for hydroxylation is 1. The molecular weight excluding hydrogens is 384 g/mol. The summed E-state index contributed by atoms with van der Waals surface area (Å²) in [7, 11) is 0. The van der Waals surface area contributed by atoms with Crippen LogP contribution in [0.25, 0.3) is 11.2 Å². The Morgan fingerprint density at radius 2 is 1.69 bits per heavy atom. The summed E-state index contributed by atoms with van der Waals surface area (Å²) in [5, 5.41) is 35.0. The van der Waals surface area contributed by atoms with Crippen molar-refractivity contribution in [3.8, 4) is 0 Å². The number of unbranched alkanes of at least 4 members (excludes halogenated alkanes) is 2. The van der Waals surface area contributed by atoms with Crippen LogP contribution < -0.4 is 11.2 Å². The monoisotopic (exact) mass is 414 g/mol. The van der Waals surface area contributed by atoms with Crippen molar-refractivity contribution >= 4 is 11.2 Å². The number of hydrogen-bond acceptors (Lipinski definition) is 8. The fraction of sp³-hybridized carbons (Fsp3) is 0.722. The van der Waals surface area contributed by atoms with Crippen molar-refractivity contribution < 1.29 is 25.2 Å². The van der Waals surface area contributed by atoms with E-state index >= 15 is 0 Å². The van der Waals surface area contributed by atoms with Gasteiger partial charge in [-0.2, -0.15) is 0 Å². The highest BCUT2D eigenvalue weighted by molar-refractivity contribution is 5.68. The zero-order valence-corrected chi connectivity index (χ0v) is 16.7. The lowest BCUT2D eigenvalue weighted by molar-refractivity contribution is -0.132. The van der Waals surface area contributed by atoms with Gasteiger partial charge in [0.1, 0.15) is 23.8 Å². The highest BCUT2D eigenvalue weighted by Gasteiger charge is 2.41. The van der Waals surface area contributed by atoms with Gasteiger partial charge in [0.15, 0.2) is 11.9 Å². The lowest BCUT2D eigenvalue weighted by Gasteiger charge is -2.10. The van der Waals surface area contributed by atoms with Crippen molar-refractivity contribution in [1.82, 2.24) is 19.1 Å². The number of aliphatic hydroxyl groups excluding tert-OH is 4. The predicted octanol–water partition coefficient (Wildman–Crippen LogP) is -1.10. The van der Waals surface area contributed by atoms with Crippen molar-refractivity contribution in [3.05, 3.63) is 27.2 Å². The minimum absolute atomic E-state index is 0.244. The average Bonchev–Trinajstić information content (AvgIpc) is 3.29. The lowest BCUT2D eigenvalue weighted by Crippen LogP contribution is -2.40. The molecule has 0 bridgehead atoms. The van der Waals surface area contributed by atoms with E-state index in [1.165, 1.54) is 10.9 Å². The molecule has 164 valence electrons. The number of aliphatic hydroxyl groups is 4. The molecule has 1 aliphatic rings. The van der Waals surface area contributed by atoms with Crippen LogP contribution in [0.1, 0.15) is 39.5 Å². The summed E-state index contributed by atoms with van der Waals surface area (Å²) in [5.74, 6) is 0. The van der Waals surface area contributed by atoms with Crippen LogP contribution in [0.3, 0.4) is 0 Å². The number of aromatic nitrogens is 4. The van der Waals surface area contributed by atoms with Crippen molar-refractivity contribution in [2.45, 2.75) is 77.2 Å². The molecule has 29 heavy (non-hydrogen) atoms. The molecule has 0 aromatic carbocycles. The first kappa shape index (κ1) is 23.2. The van der Waals surface area contributed by atoms with Gasteiger partial charge in [-0.25, -0.2) is 9.78 Å². The maximum Gasteiger partial charge on any atom is 0.332 e. The number of rotatable bonds is 7. The van der Waals surface area contributed by atoms with Crippen LogP contribution in [0, 0.1) is 0 Å². The van der Waals surface area contributed by atoms with E-state index in [0.29, 0.717) is 24.3 Å². The van der Waals surface area contributed by atoms with Gasteiger partial charge in [0.2, 0.25) is 0 Å². The van der Waals surface area contributed by atoms with Gasteiger partial charge in [0.25, 0.3) is 5.56 Å². The number of ether oxygens (including phenoxy) is 1. The smallest absolute Gasteiger partial charge is 0.332 e. The van der Waals surface area contributed by atoms with Crippen LogP contribution in [-0.4, -0.2) is 70.7 Å². The van der Waals surface area contributed by atoms with E-state index in [1.807, 2.05) is 6.92 Å². The molecule has 5 N–H and O–H groups in total. The Kier molecular flexibility index (Phi) is 8.53. The lowest BCUT2D eigenvalue weighted by atomic mass is 10.1. The van der Waals surface area contributed by atoms with E-state index in [9.17, 15) is 9.59 Å². The first-order chi connectivity index (χ1) is 13.9. The summed E-state index contributed by atoms with van der Waals surface area (Å²) in [6.07, 6.45) is 0.373. The van der Waals surface area contributed by atoms with Gasteiger partial charge in [-0.1, -0.05) is 26.7 Å². The van der Waals surface area contributed by atoms with Crippen LogP contribution in [-0.2, 0) is 17.8 Å². The van der Waals surface area contributed by atoms with Crippen LogP contribution in [0.5, 0.6) is 0 Å². The molecule has 3 rings (SSSR count). The van der Waals surface area contributed by atoms with E-state index in [1.54, 1.807) is 4.57 Å². The summed E-state index contributed by atoms with van der Waals surface area (Å²) in [6.45, 7) is 4.77. The number of fused-ring (bicyclic) bond motifs is 1. The number of nitrogens with zero attached hydrogens (tertiary/aromatic N) is 3. The van der Waals surface area contributed by atoms with Crippen LogP contribution >= 0.6 is 0 Å². The Balaban J connectivity index is 0.000000253. The van der Waals surface area contributed by atoms with Gasteiger partial charge in [-0.3, -0.25) is 13.9 Å². The maximum absolute atomic E-state index is 12.4. The van der Waals surface area contributed by atoms with Gasteiger partial charge in [0.05, 0.1) is 12.9 Å². The Morgan fingerprint density at radius 1 is 1.07 bits per heavy atom. The van der Waals surface area contributed by atoms with E-state index in [2.05, 4.69) is 21.6 Å². The van der Waals surface area contributed by atoms with Gasteiger partial charge in [-0.05, 0) is 12.8 Å². The van der Waals surface area contributed by atoms with Crippen LogP contribution in [0.4, 0.5) is 0 Å². The third-order valence-electron chi connectivity index (χ3n) is 4.78. The Bertz CT molecular complexity index is 890. The van der Waals surface area contributed by atoms with E-state index < -0.39 is 31.2 Å². The largest absolute Gasteiger partial charge is 0.394 e. The number of imidazole rings is 1. The molecule has 2 aromatic heterocycles. The van der Waals surface area contributed by atoms with Crippen molar-refractivity contribution in [3.63, 3.8) is 0 Å². The molecule has 11 heteroatoms. The Hall–Kier alpha value is -2.05. The number of aromatic amines is 1. The molecule has 0 aliphatic carbocycles. The van der Waals surface area contributed by atoms with Crippen molar-refractivity contribution in [1.29, 1.82) is 0 Å². The summed E-state index contributed by atoms with van der Waals surface area (Å²) in [4.78, 5) is 31.6. The van der Waals surface area contributed by atoms with E-state index in [4.69, 9.17) is 20.4 Å². The fourth-order valence-electron chi connectivity index (χ4n) is 3.02. The first-order valence-corrected chi connectivity index (χ1v) is 9.84. The molecule has 0 spiro atoms. The normalized spacial score (nSPS) is 23.9. The summed E-state index contributed by atoms with van der Waals surface area (Å²) in [5.41, 5.74) is 0.383. The molecular formula is C18H30N4O7. The van der Waals surface area contributed by atoms with Gasteiger partial charge in [-0.15, -0.1) is 0 Å². The summed E-state index contributed by atoms with van der Waals surface area (Å²) in [6, 6.07) is 0. The molecule has 1 unspecified atom stereocenters. The fourth-order valence-corrected chi connectivity index (χ4v) is 3.02. The van der Waals surface area contributed by atoms with Gasteiger partial charge in [0, 0.05) is 13.1 Å². The SMILES string of the molecule is CCCCn1c(=O)c2[nH]cnc2n(CCCC)c1=O.OC[C@H]1OC(O)[C@H](O)[C@@H]1O. The third-order valence-corrected chi connectivity index (χ3v) is 4.78. The summed E-state index contributed by atoms with van der Waals surface area (Å²) < 4.78 is 7.46. The predicted molar refractivity (Wildman–Crippen MR) is 104 cm³/mol. The second-order valence-electron chi connectivity index (χ2n) is 6.93. The Morgan fingerprint density at radius 3 is 2.17 bits per heavy atom. The quantitative estimate of drug-likeness (QED) is 0.381. The standard InChI is InChI=1S/C13H20N4O2.C5H10O5/c1-3-5-7-16-11-10(14-9-15-11)12(18)17(13(16)19)8-6-4-2;6-1-2-3(7)4(8)5(9)10-2/h9H,3-8H2,1-2H3,(H,14,15);2-9H,1H2/t;2-,3-,4-,5?/m.1/s1. The molecule has 0 amide bonds. The third kappa shape index (κ3) is 5.11. The number of hydrogen-bond donors (Lipinski definition) is 5. The Labute approximate surface area is 167 Å². The molecule has 2 aromatic rings. The van der Waals surface area contributed by atoms with Crippen molar-refractivity contribution in [2.24, 2.45) is 0 Å². The highest BCUT2D eigenvalue weighted by Crippen LogP contribution is 2.18. The molecule has 4 atom stereocenters.